The maximum Gasteiger partial charge on any atom is 0.265 e. The number of amides is 1. The molecule has 164 valence electrons. The molecule has 3 N–H and O–H groups in total. The number of aryl methyl sites for hydroxylation is 2. The highest BCUT2D eigenvalue weighted by molar-refractivity contribution is 7.18. The molecule has 6 nitrogen and oxygen atoms in total. The molecule has 4 rings (SSSR count). The van der Waals surface area contributed by atoms with Crippen LogP contribution in [0.1, 0.15) is 53.6 Å². The molecule has 3 aromatic rings. The first-order chi connectivity index (χ1) is 14.8. The van der Waals surface area contributed by atoms with Crippen LogP contribution in [0.2, 0.25) is 0 Å². The van der Waals surface area contributed by atoms with Gasteiger partial charge < -0.3 is 20.3 Å². The van der Waals surface area contributed by atoms with Gasteiger partial charge in [0.25, 0.3) is 11.5 Å². The van der Waals surface area contributed by atoms with Crippen LogP contribution >= 0.6 is 11.3 Å². The summed E-state index contributed by atoms with van der Waals surface area (Å²) in [5, 5.41) is 14.4. The number of aromatic hydroxyl groups is 1. The molecule has 1 aromatic carbocycles. The lowest BCUT2D eigenvalue weighted by Gasteiger charge is -2.22. The molecule has 2 heterocycles. The first kappa shape index (κ1) is 21.4. The third-order valence-corrected chi connectivity index (χ3v) is 7.42. The van der Waals surface area contributed by atoms with E-state index in [9.17, 15) is 14.7 Å². The summed E-state index contributed by atoms with van der Waals surface area (Å²) < 4.78 is 0. The number of carbonyl (C=O) groups excluding carboxylic acids is 1. The Morgan fingerprint density at radius 1 is 1.32 bits per heavy atom. The second kappa shape index (κ2) is 8.38. The average Bonchev–Trinajstić information content (AvgIpc) is 3.08. The number of benzene rings is 1. The number of thiophene rings is 1. The molecule has 1 amide bonds. The Bertz CT molecular complexity index is 1210. The molecule has 0 saturated heterocycles. The SMILES string of the molecule is CCN(CC)c1ccc(NC(=O)c2c(O)c3c4c(sc3[nH]c2=O)CC(C)CC4)c(C)c1. The minimum absolute atomic E-state index is 0.208. The number of pyridine rings is 1. The first-order valence-corrected chi connectivity index (χ1v) is 11.7. The van der Waals surface area contributed by atoms with E-state index in [-0.39, 0.29) is 11.3 Å². The minimum atomic E-state index is -0.594. The zero-order valence-corrected chi connectivity index (χ0v) is 19.3. The number of H-pyrrole nitrogens is 1. The summed E-state index contributed by atoms with van der Waals surface area (Å²) in [5.74, 6) is -0.219. The molecular weight excluding hydrogens is 410 g/mol. The fourth-order valence-electron chi connectivity index (χ4n) is 4.46. The number of rotatable bonds is 5. The van der Waals surface area contributed by atoms with Crippen molar-refractivity contribution in [2.24, 2.45) is 5.92 Å². The van der Waals surface area contributed by atoms with Crippen LogP contribution in [-0.2, 0) is 12.8 Å². The summed E-state index contributed by atoms with van der Waals surface area (Å²) in [6.45, 7) is 10.1. The molecule has 0 bridgehead atoms. The number of carbonyl (C=O) groups is 1. The van der Waals surface area contributed by atoms with Gasteiger partial charge in [-0.25, -0.2) is 0 Å². The van der Waals surface area contributed by atoms with Gasteiger partial charge in [-0.05, 0) is 75.3 Å². The predicted molar refractivity (Wildman–Crippen MR) is 128 cm³/mol. The van der Waals surface area contributed by atoms with Gasteiger partial charge in [0.05, 0.1) is 5.39 Å². The molecule has 1 unspecified atom stereocenters. The molecule has 0 saturated carbocycles. The van der Waals surface area contributed by atoms with Crippen molar-refractivity contribution in [1.82, 2.24) is 4.98 Å². The number of aromatic amines is 1. The highest BCUT2D eigenvalue weighted by Gasteiger charge is 2.27. The van der Waals surface area contributed by atoms with Crippen molar-refractivity contribution in [3.05, 3.63) is 50.1 Å². The van der Waals surface area contributed by atoms with Crippen LogP contribution in [0.15, 0.2) is 23.0 Å². The van der Waals surface area contributed by atoms with Crippen LogP contribution < -0.4 is 15.8 Å². The summed E-state index contributed by atoms with van der Waals surface area (Å²) in [6.07, 6.45) is 2.83. The Labute approximate surface area is 185 Å². The number of anilines is 2. The highest BCUT2D eigenvalue weighted by Crippen LogP contribution is 2.41. The summed E-state index contributed by atoms with van der Waals surface area (Å²) >= 11 is 1.52. The van der Waals surface area contributed by atoms with Gasteiger partial charge in [-0.2, -0.15) is 0 Å². The topological polar surface area (TPSA) is 85.4 Å². The van der Waals surface area contributed by atoms with E-state index in [1.165, 1.54) is 16.2 Å². The quantitative estimate of drug-likeness (QED) is 0.532. The van der Waals surface area contributed by atoms with Crippen LogP contribution in [0.25, 0.3) is 10.2 Å². The van der Waals surface area contributed by atoms with Gasteiger partial charge in [0.1, 0.15) is 16.1 Å². The molecule has 7 heteroatoms. The van der Waals surface area contributed by atoms with Crippen LogP contribution in [0.3, 0.4) is 0 Å². The number of hydrogen-bond donors (Lipinski definition) is 3. The van der Waals surface area contributed by atoms with E-state index >= 15 is 0 Å². The monoisotopic (exact) mass is 439 g/mol. The first-order valence-electron chi connectivity index (χ1n) is 10.9. The van der Waals surface area contributed by atoms with Gasteiger partial charge >= 0.3 is 0 Å². The van der Waals surface area contributed by atoms with Crippen LogP contribution in [0.4, 0.5) is 11.4 Å². The lowest BCUT2D eigenvalue weighted by Crippen LogP contribution is -2.24. The van der Waals surface area contributed by atoms with Crippen LogP contribution in [0.5, 0.6) is 5.75 Å². The van der Waals surface area contributed by atoms with E-state index in [0.717, 1.165) is 49.2 Å². The molecule has 31 heavy (non-hydrogen) atoms. The number of aromatic nitrogens is 1. The Hall–Kier alpha value is -2.80. The van der Waals surface area contributed by atoms with E-state index in [1.54, 1.807) is 0 Å². The van der Waals surface area contributed by atoms with Crippen LogP contribution in [-0.4, -0.2) is 29.1 Å². The van der Waals surface area contributed by atoms with Crippen molar-refractivity contribution in [2.75, 3.05) is 23.3 Å². The predicted octanol–water partition coefficient (Wildman–Crippen LogP) is 4.83. The van der Waals surface area contributed by atoms with Gasteiger partial charge in [0, 0.05) is 29.3 Å². The van der Waals surface area contributed by atoms with Gasteiger partial charge in [-0.15, -0.1) is 11.3 Å². The van der Waals surface area contributed by atoms with Crippen molar-refractivity contribution in [3.8, 4) is 5.75 Å². The van der Waals surface area contributed by atoms with E-state index in [4.69, 9.17) is 0 Å². The van der Waals surface area contributed by atoms with Crippen molar-refractivity contribution in [2.45, 2.75) is 47.0 Å². The summed E-state index contributed by atoms with van der Waals surface area (Å²) in [6, 6.07) is 5.82. The van der Waals surface area contributed by atoms with E-state index in [0.29, 0.717) is 21.8 Å². The molecular formula is C24H29N3O3S. The van der Waals surface area contributed by atoms with Crippen molar-refractivity contribution in [1.29, 1.82) is 0 Å². The Morgan fingerprint density at radius 3 is 2.74 bits per heavy atom. The third kappa shape index (κ3) is 3.82. The van der Waals surface area contributed by atoms with E-state index in [1.807, 2.05) is 25.1 Å². The van der Waals surface area contributed by atoms with Gasteiger partial charge in [0.15, 0.2) is 0 Å². The summed E-state index contributed by atoms with van der Waals surface area (Å²) in [7, 11) is 0. The van der Waals surface area contributed by atoms with Crippen molar-refractivity contribution >= 4 is 38.8 Å². The maximum atomic E-state index is 13.0. The number of fused-ring (bicyclic) bond motifs is 3. The average molecular weight is 440 g/mol. The lowest BCUT2D eigenvalue weighted by molar-refractivity contribution is 0.102. The normalized spacial score (nSPS) is 15.7. The molecule has 0 spiro atoms. The second-order valence-electron chi connectivity index (χ2n) is 8.36. The molecule has 1 aliphatic rings. The van der Waals surface area contributed by atoms with Gasteiger partial charge in [-0.1, -0.05) is 6.92 Å². The number of hydrogen-bond acceptors (Lipinski definition) is 5. The molecule has 0 radical (unpaired) electrons. The highest BCUT2D eigenvalue weighted by atomic mass is 32.1. The fourth-order valence-corrected chi connectivity index (χ4v) is 5.86. The maximum absolute atomic E-state index is 13.0. The summed E-state index contributed by atoms with van der Waals surface area (Å²) in [5.41, 5.74) is 2.89. The lowest BCUT2D eigenvalue weighted by atomic mass is 9.89. The Balaban J connectivity index is 1.69. The smallest absolute Gasteiger partial charge is 0.265 e. The minimum Gasteiger partial charge on any atom is -0.506 e. The third-order valence-electron chi connectivity index (χ3n) is 6.25. The number of nitrogens with one attached hydrogen (secondary N) is 2. The van der Waals surface area contributed by atoms with Gasteiger partial charge in [0.2, 0.25) is 0 Å². The van der Waals surface area contributed by atoms with Crippen molar-refractivity contribution in [3.63, 3.8) is 0 Å². The van der Waals surface area contributed by atoms with Crippen LogP contribution in [0, 0.1) is 12.8 Å². The largest absolute Gasteiger partial charge is 0.506 e. The fraction of sp³-hybridized carbons (Fsp3) is 0.417. The molecule has 0 fully saturated rings. The molecule has 2 aromatic heterocycles. The number of nitrogens with zero attached hydrogens (tertiary/aromatic N) is 1. The molecule has 0 aliphatic heterocycles. The van der Waals surface area contributed by atoms with Gasteiger partial charge in [-0.3, -0.25) is 9.59 Å². The zero-order chi connectivity index (χ0) is 22.3. The van der Waals surface area contributed by atoms with E-state index < -0.39 is 11.5 Å². The standard InChI is InChI=1S/C24H29N3O3S/c1-5-27(6-2)15-8-10-17(14(4)12-15)25-22(29)20-21(28)19-16-9-7-13(3)11-18(16)31-24(19)26-23(20)30/h8,10,12-13H,5-7,9,11H2,1-4H3,(H,25,29)(H2,26,28,30). The Morgan fingerprint density at radius 2 is 2.06 bits per heavy atom. The zero-order valence-electron chi connectivity index (χ0n) is 18.5. The Kier molecular flexibility index (Phi) is 5.79. The molecule has 1 aliphatic carbocycles. The van der Waals surface area contributed by atoms with E-state index in [2.05, 4.69) is 36.0 Å². The summed E-state index contributed by atoms with van der Waals surface area (Å²) in [4.78, 5) is 32.6. The molecule has 1 atom stereocenters. The second-order valence-corrected chi connectivity index (χ2v) is 9.46. The van der Waals surface area contributed by atoms with Crippen molar-refractivity contribution < 1.29 is 9.90 Å².